The Hall–Kier alpha value is -4.17. The highest BCUT2D eigenvalue weighted by atomic mass is 16.1. The van der Waals surface area contributed by atoms with Crippen LogP contribution >= 0.6 is 0 Å². The number of anilines is 1. The summed E-state index contributed by atoms with van der Waals surface area (Å²) in [6.07, 6.45) is 1.71. The Balaban J connectivity index is 1.57. The summed E-state index contributed by atoms with van der Waals surface area (Å²) >= 11 is 0. The van der Waals surface area contributed by atoms with E-state index in [1.54, 1.807) is 10.9 Å². The molecular formula is C25H20N4O. The molecule has 2 aromatic carbocycles. The fourth-order valence-electron chi connectivity index (χ4n) is 3.23. The molecule has 0 spiro atoms. The lowest BCUT2D eigenvalue weighted by molar-refractivity contribution is 0.102. The first-order valence-electron chi connectivity index (χ1n) is 9.58. The molecule has 4 rings (SSSR count). The molecule has 0 fully saturated rings. The second kappa shape index (κ2) is 8.46. The van der Waals surface area contributed by atoms with E-state index in [0.29, 0.717) is 22.6 Å². The second-order valence-electron chi connectivity index (χ2n) is 6.79. The largest absolute Gasteiger partial charge is 0.322 e. The molecule has 0 atom stereocenters. The number of amides is 1. The summed E-state index contributed by atoms with van der Waals surface area (Å²) in [6.45, 7) is 3.74. The number of para-hydroxylation sites is 1. The Kier molecular flexibility index (Phi) is 5.40. The van der Waals surface area contributed by atoms with Crippen molar-refractivity contribution >= 4 is 11.6 Å². The van der Waals surface area contributed by atoms with E-state index < -0.39 is 0 Å². The number of nitrogens with zero attached hydrogens (tertiary/aromatic N) is 3. The summed E-state index contributed by atoms with van der Waals surface area (Å²) in [6, 6.07) is 22.8. The summed E-state index contributed by atoms with van der Waals surface area (Å²) in [5.74, 6) is 5.92. The maximum Gasteiger partial charge on any atom is 0.259 e. The van der Waals surface area contributed by atoms with E-state index in [4.69, 9.17) is 0 Å². The van der Waals surface area contributed by atoms with Crippen LogP contribution in [0.1, 0.15) is 33.0 Å². The third kappa shape index (κ3) is 4.13. The topological polar surface area (TPSA) is 59.8 Å². The van der Waals surface area contributed by atoms with Crippen LogP contribution in [0.4, 0.5) is 5.69 Å². The molecule has 1 amide bonds. The first-order valence-corrected chi connectivity index (χ1v) is 9.58. The van der Waals surface area contributed by atoms with Crippen molar-refractivity contribution in [2.75, 3.05) is 5.32 Å². The number of aryl methyl sites for hydroxylation is 1. The molecule has 0 bridgehead atoms. The highest BCUT2D eigenvalue weighted by Gasteiger charge is 2.19. The quantitative estimate of drug-likeness (QED) is 0.521. The minimum atomic E-state index is -0.193. The van der Waals surface area contributed by atoms with Crippen molar-refractivity contribution in [3.8, 4) is 17.5 Å². The van der Waals surface area contributed by atoms with Gasteiger partial charge in [-0.25, -0.2) is 9.67 Å². The predicted octanol–water partition coefficient (Wildman–Crippen LogP) is 4.54. The van der Waals surface area contributed by atoms with Crippen molar-refractivity contribution in [3.05, 3.63) is 107 Å². The molecule has 1 N–H and O–H groups in total. The van der Waals surface area contributed by atoms with Gasteiger partial charge in [0.2, 0.25) is 0 Å². The first-order chi connectivity index (χ1) is 14.6. The van der Waals surface area contributed by atoms with Crippen molar-refractivity contribution in [1.82, 2.24) is 14.8 Å². The maximum atomic E-state index is 13.0. The van der Waals surface area contributed by atoms with E-state index in [9.17, 15) is 4.79 Å². The number of carbonyl (C=O) groups is 1. The number of aromatic nitrogens is 3. The molecule has 0 aliphatic heterocycles. The maximum absolute atomic E-state index is 13.0. The molecule has 0 radical (unpaired) electrons. The number of nitrogens with one attached hydrogen (secondary N) is 1. The van der Waals surface area contributed by atoms with Crippen LogP contribution in [-0.2, 0) is 0 Å². The van der Waals surface area contributed by atoms with Gasteiger partial charge in [0.1, 0.15) is 5.69 Å². The van der Waals surface area contributed by atoms with E-state index in [1.807, 2.05) is 86.6 Å². The monoisotopic (exact) mass is 392 g/mol. The minimum Gasteiger partial charge on any atom is -0.322 e. The van der Waals surface area contributed by atoms with Gasteiger partial charge in [-0.15, -0.1) is 0 Å². The molecule has 5 heteroatoms. The predicted molar refractivity (Wildman–Crippen MR) is 118 cm³/mol. The Labute approximate surface area is 175 Å². The lowest BCUT2D eigenvalue weighted by Gasteiger charge is -2.07. The molecule has 30 heavy (non-hydrogen) atoms. The number of rotatable bonds is 3. The lowest BCUT2D eigenvalue weighted by Crippen LogP contribution is -2.14. The fourth-order valence-corrected chi connectivity index (χ4v) is 3.23. The molecule has 0 aliphatic carbocycles. The Morgan fingerprint density at radius 3 is 2.50 bits per heavy atom. The van der Waals surface area contributed by atoms with Crippen LogP contribution < -0.4 is 5.32 Å². The highest BCUT2D eigenvalue weighted by Crippen LogP contribution is 2.20. The van der Waals surface area contributed by atoms with Crippen LogP contribution in [0.25, 0.3) is 5.69 Å². The van der Waals surface area contributed by atoms with Gasteiger partial charge >= 0.3 is 0 Å². The van der Waals surface area contributed by atoms with Gasteiger partial charge in [-0.2, -0.15) is 5.10 Å². The number of hydrogen-bond acceptors (Lipinski definition) is 3. The van der Waals surface area contributed by atoms with Gasteiger partial charge < -0.3 is 5.32 Å². The van der Waals surface area contributed by atoms with Crippen molar-refractivity contribution in [2.24, 2.45) is 0 Å². The van der Waals surface area contributed by atoms with Crippen molar-refractivity contribution in [2.45, 2.75) is 13.8 Å². The Morgan fingerprint density at radius 2 is 1.73 bits per heavy atom. The van der Waals surface area contributed by atoms with Crippen LogP contribution in [-0.4, -0.2) is 20.7 Å². The number of benzene rings is 2. The van der Waals surface area contributed by atoms with E-state index in [0.717, 1.165) is 16.9 Å². The zero-order valence-corrected chi connectivity index (χ0v) is 16.8. The van der Waals surface area contributed by atoms with Crippen LogP contribution in [0.3, 0.4) is 0 Å². The average molecular weight is 392 g/mol. The standard InChI is InChI=1S/C25H20N4O/c1-18-24(19(2)29(28-18)23-12-4-3-5-13-23)25(30)27-22-11-8-9-20(17-22)14-15-21-10-6-7-16-26-21/h3-13,16-17H,1-2H3,(H,27,30). The fraction of sp³-hybridized carbons (Fsp3) is 0.0800. The molecule has 4 aromatic rings. The average Bonchev–Trinajstić information content (AvgIpc) is 3.08. The summed E-state index contributed by atoms with van der Waals surface area (Å²) < 4.78 is 1.79. The van der Waals surface area contributed by atoms with Crippen LogP contribution in [0.15, 0.2) is 79.0 Å². The lowest BCUT2D eigenvalue weighted by atomic mass is 10.1. The van der Waals surface area contributed by atoms with Crippen LogP contribution in [0.5, 0.6) is 0 Å². The summed E-state index contributed by atoms with van der Waals surface area (Å²) in [4.78, 5) is 17.2. The molecule has 146 valence electrons. The third-order valence-electron chi connectivity index (χ3n) is 4.64. The van der Waals surface area contributed by atoms with Gasteiger partial charge in [0.05, 0.1) is 22.6 Å². The highest BCUT2D eigenvalue weighted by molar-refractivity contribution is 6.06. The summed E-state index contributed by atoms with van der Waals surface area (Å²) in [5.41, 5.74) is 5.15. The van der Waals surface area contributed by atoms with Crippen LogP contribution in [0.2, 0.25) is 0 Å². The molecule has 2 heterocycles. The zero-order valence-electron chi connectivity index (χ0n) is 16.8. The zero-order chi connectivity index (χ0) is 20.9. The van der Waals surface area contributed by atoms with Crippen molar-refractivity contribution in [3.63, 3.8) is 0 Å². The van der Waals surface area contributed by atoms with E-state index in [1.165, 1.54) is 0 Å². The van der Waals surface area contributed by atoms with Gasteiger partial charge in [-0.3, -0.25) is 4.79 Å². The molecule has 5 nitrogen and oxygen atoms in total. The Morgan fingerprint density at radius 1 is 0.933 bits per heavy atom. The summed E-state index contributed by atoms with van der Waals surface area (Å²) in [7, 11) is 0. The molecular weight excluding hydrogens is 372 g/mol. The van der Waals surface area contributed by atoms with Crippen LogP contribution in [0, 0.1) is 25.7 Å². The summed E-state index contributed by atoms with van der Waals surface area (Å²) in [5, 5.41) is 7.52. The first kappa shape index (κ1) is 19.2. The van der Waals surface area contributed by atoms with E-state index in [-0.39, 0.29) is 5.91 Å². The van der Waals surface area contributed by atoms with Gasteiger partial charge in [-0.1, -0.05) is 36.3 Å². The molecule has 0 saturated carbocycles. The molecule has 0 saturated heterocycles. The second-order valence-corrected chi connectivity index (χ2v) is 6.79. The van der Waals surface area contributed by atoms with E-state index >= 15 is 0 Å². The third-order valence-corrected chi connectivity index (χ3v) is 4.64. The Bertz CT molecular complexity index is 1250. The number of pyridine rings is 1. The molecule has 0 unspecified atom stereocenters. The van der Waals surface area contributed by atoms with Gasteiger partial charge in [0.15, 0.2) is 0 Å². The minimum absolute atomic E-state index is 0.193. The SMILES string of the molecule is Cc1nn(-c2ccccc2)c(C)c1C(=O)Nc1cccc(C#Cc2ccccn2)c1. The molecule has 2 aromatic heterocycles. The van der Waals surface area contributed by atoms with Gasteiger partial charge in [-0.05, 0) is 62.2 Å². The van der Waals surface area contributed by atoms with Crippen molar-refractivity contribution < 1.29 is 4.79 Å². The van der Waals surface area contributed by atoms with Crippen molar-refractivity contribution in [1.29, 1.82) is 0 Å². The van der Waals surface area contributed by atoms with E-state index in [2.05, 4.69) is 27.2 Å². The van der Waals surface area contributed by atoms with Gasteiger partial charge in [0.25, 0.3) is 5.91 Å². The number of carbonyl (C=O) groups excluding carboxylic acids is 1. The number of hydrogen-bond donors (Lipinski definition) is 1. The normalized spacial score (nSPS) is 10.2. The smallest absolute Gasteiger partial charge is 0.259 e. The van der Waals surface area contributed by atoms with Gasteiger partial charge in [0, 0.05) is 17.4 Å². The molecule has 0 aliphatic rings.